The van der Waals surface area contributed by atoms with Crippen LogP contribution in [0.15, 0.2) is 47.2 Å². The molecule has 2 nitrogen and oxygen atoms in total. The van der Waals surface area contributed by atoms with Gasteiger partial charge in [-0.25, -0.2) is 4.98 Å². The number of halogens is 1. The molecule has 0 saturated heterocycles. The van der Waals surface area contributed by atoms with E-state index in [-0.39, 0.29) is 0 Å². The first-order valence-electron chi connectivity index (χ1n) is 4.56. The molecule has 15 heavy (non-hydrogen) atoms. The topological polar surface area (TPSA) is 25.8 Å². The summed E-state index contributed by atoms with van der Waals surface area (Å²) >= 11 is 3.33. The molecular formula is C12H9BrN2. The quantitative estimate of drug-likeness (QED) is 0.774. The van der Waals surface area contributed by atoms with Crippen LogP contribution in [0.4, 0.5) is 0 Å². The van der Waals surface area contributed by atoms with E-state index >= 15 is 0 Å². The Hall–Kier alpha value is -1.48. The largest absolute Gasteiger partial charge is 0.257 e. The molecule has 2 rings (SSSR count). The van der Waals surface area contributed by atoms with E-state index in [0.717, 1.165) is 16.0 Å². The van der Waals surface area contributed by atoms with Gasteiger partial charge in [0.25, 0.3) is 0 Å². The minimum atomic E-state index is 0.839. The molecule has 2 heterocycles. The summed E-state index contributed by atoms with van der Waals surface area (Å²) in [5.41, 5.74) is 1.84. The first-order chi connectivity index (χ1) is 7.34. The standard InChI is InChI=1S/C12H9BrN2/c13-12-6-3-5-11(15-12)8-7-10-4-1-2-9-14-10/h1-9H/b8-7+. The van der Waals surface area contributed by atoms with Crippen molar-refractivity contribution in [3.8, 4) is 0 Å². The second-order valence-corrected chi connectivity index (χ2v) is 3.79. The van der Waals surface area contributed by atoms with Gasteiger partial charge >= 0.3 is 0 Å². The van der Waals surface area contributed by atoms with Crippen LogP contribution >= 0.6 is 15.9 Å². The van der Waals surface area contributed by atoms with E-state index < -0.39 is 0 Å². The second kappa shape index (κ2) is 4.84. The van der Waals surface area contributed by atoms with Crippen molar-refractivity contribution in [1.82, 2.24) is 9.97 Å². The molecular weight excluding hydrogens is 252 g/mol. The molecule has 0 radical (unpaired) electrons. The van der Waals surface area contributed by atoms with Crippen molar-refractivity contribution in [2.24, 2.45) is 0 Å². The lowest BCUT2D eigenvalue weighted by Gasteiger charge is -1.93. The summed E-state index contributed by atoms with van der Waals surface area (Å²) in [6.07, 6.45) is 5.65. The van der Waals surface area contributed by atoms with Crippen molar-refractivity contribution in [3.05, 3.63) is 58.6 Å². The normalized spacial score (nSPS) is 10.7. The zero-order valence-corrected chi connectivity index (χ0v) is 9.55. The van der Waals surface area contributed by atoms with Gasteiger partial charge in [0.2, 0.25) is 0 Å². The molecule has 0 saturated carbocycles. The Morgan fingerprint density at radius 1 is 0.933 bits per heavy atom. The molecule has 74 valence electrons. The highest BCUT2D eigenvalue weighted by Crippen LogP contribution is 2.08. The number of hydrogen-bond acceptors (Lipinski definition) is 2. The lowest BCUT2D eigenvalue weighted by Crippen LogP contribution is -1.81. The third-order valence-corrected chi connectivity index (χ3v) is 2.29. The van der Waals surface area contributed by atoms with Crippen molar-refractivity contribution in [3.63, 3.8) is 0 Å². The van der Waals surface area contributed by atoms with Gasteiger partial charge in [-0.2, -0.15) is 0 Å². The Labute approximate surface area is 96.8 Å². The van der Waals surface area contributed by atoms with Crippen molar-refractivity contribution in [2.45, 2.75) is 0 Å². The van der Waals surface area contributed by atoms with E-state index in [2.05, 4.69) is 25.9 Å². The van der Waals surface area contributed by atoms with Crippen molar-refractivity contribution in [2.75, 3.05) is 0 Å². The van der Waals surface area contributed by atoms with Crippen LogP contribution < -0.4 is 0 Å². The van der Waals surface area contributed by atoms with Crippen LogP contribution in [0.1, 0.15) is 11.4 Å². The van der Waals surface area contributed by atoms with Crippen LogP contribution in [0.25, 0.3) is 12.2 Å². The summed E-state index contributed by atoms with van der Waals surface area (Å²) in [5.74, 6) is 0. The lowest BCUT2D eigenvalue weighted by molar-refractivity contribution is 1.25. The fraction of sp³-hybridized carbons (Fsp3) is 0. The van der Waals surface area contributed by atoms with Crippen molar-refractivity contribution in [1.29, 1.82) is 0 Å². The van der Waals surface area contributed by atoms with E-state index in [1.807, 2.05) is 48.6 Å². The Morgan fingerprint density at radius 2 is 1.73 bits per heavy atom. The zero-order valence-electron chi connectivity index (χ0n) is 7.97. The summed E-state index contributed by atoms with van der Waals surface area (Å²) in [5, 5.41) is 0. The Morgan fingerprint density at radius 3 is 2.47 bits per heavy atom. The average Bonchev–Trinajstić information content (AvgIpc) is 2.28. The predicted molar refractivity (Wildman–Crippen MR) is 65.1 cm³/mol. The highest BCUT2D eigenvalue weighted by atomic mass is 79.9. The third kappa shape index (κ3) is 2.99. The van der Waals surface area contributed by atoms with Gasteiger partial charge in [-0.05, 0) is 52.3 Å². The SMILES string of the molecule is Brc1cccc(/C=C/c2ccccn2)n1. The second-order valence-electron chi connectivity index (χ2n) is 2.97. The van der Waals surface area contributed by atoms with Gasteiger partial charge in [-0.1, -0.05) is 12.1 Å². The van der Waals surface area contributed by atoms with Crippen molar-refractivity contribution < 1.29 is 0 Å². The highest BCUT2D eigenvalue weighted by molar-refractivity contribution is 9.10. The molecule has 0 aliphatic carbocycles. The van der Waals surface area contributed by atoms with E-state index in [9.17, 15) is 0 Å². The number of nitrogens with zero attached hydrogens (tertiary/aromatic N) is 2. The summed E-state index contributed by atoms with van der Waals surface area (Å²) < 4.78 is 0.839. The van der Waals surface area contributed by atoms with E-state index in [1.54, 1.807) is 6.20 Å². The molecule has 0 N–H and O–H groups in total. The monoisotopic (exact) mass is 260 g/mol. The molecule has 0 aromatic carbocycles. The molecule has 0 spiro atoms. The van der Waals surface area contributed by atoms with Gasteiger partial charge in [-0.3, -0.25) is 4.98 Å². The fourth-order valence-electron chi connectivity index (χ4n) is 1.16. The molecule has 0 aliphatic rings. The summed E-state index contributed by atoms with van der Waals surface area (Å²) in [4.78, 5) is 8.48. The molecule has 3 heteroatoms. The molecule has 0 bridgehead atoms. The first-order valence-corrected chi connectivity index (χ1v) is 5.35. The zero-order chi connectivity index (χ0) is 10.5. The maximum absolute atomic E-state index is 4.29. The molecule has 0 amide bonds. The Bertz CT molecular complexity index is 466. The van der Waals surface area contributed by atoms with Gasteiger partial charge in [0, 0.05) is 6.20 Å². The minimum Gasteiger partial charge on any atom is -0.257 e. The number of rotatable bonds is 2. The molecule has 0 atom stereocenters. The maximum atomic E-state index is 4.29. The van der Waals surface area contributed by atoms with E-state index in [1.165, 1.54) is 0 Å². The minimum absolute atomic E-state index is 0.839. The summed E-state index contributed by atoms with van der Waals surface area (Å²) in [7, 11) is 0. The molecule has 2 aromatic rings. The fourth-order valence-corrected chi connectivity index (χ4v) is 1.52. The van der Waals surface area contributed by atoms with Crippen LogP contribution in [0.3, 0.4) is 0 Å². The lowest BCUT2D eigenvalue weighted by atomic mass is 10.3. The molecule has 0 aliphatic heterocycles. The van der Waals surface area contributed by atoms with Gasteiger partial charge in [0.1, 0.15) is 4.60 Å². The Kier molecular flexibility index (Phi) is 3.25. The van der Waals surface area contributed by atoms with E-state index in [4.69, 9.17) is 0 Å². The average molecular weight is 261 g/mol. The highest BCUT2D eigenvalue weighted by Gasteiger charge is 1.90. The van der Waals surface area contributed by atoms with Crippen molar-refractivity contribution >= 4 is 28.1 Å². The van der Waals surface area contributed by atoms with Crippen LogP contribution in [-0.2, 0) is 0 Å². The van der Waals surface area contributed by atoms with Crippen LogP contribution in [0.5, 0.6) is 0 Å². The third-order valence-electron chi connectivity index (χ3n) is 1.85. The van der Waals surface area contributed by atoms with Crippen LogP contribution in [0.2, 0.25) is 0 Å². The maximum Gasteiger partial charge on any atom is 0.106 e. The molecule has 0 unspecified atom stereocenters. The molecule has 0 fully saturated rings. The summed E-state index contributed by atoms with van der Waals surface area (Å²) in [6, 6.07) is 11.6. The molecule has 2 aromatic heterocycles. The predicted octanol–water partition coefficient (Wildman–Crippen LogP) is 3.41. The van der Waals surface area contributed by atoms with Crippen LogP contribution in [0, 0.1) is 0 Å². The smallest absolute Gasteiger partial charge is 0.106 e. The van der Waals surface area contributed by atoms with Gasteiger partial charge < -0.3 is 0 Å². The van der Waals surface area contributed by atoms with Gasteiger partial charge in [-0.15, -0.1) is 0 Å². The number of hydrogen-bond donors (Lipinski definition) is 0. The number of aromatic nitrogens is 2. The summed E-state index contributed by atoms with van der Waals surface area (Å²) in [6.45, 7) is 0. The van der Waals surface area contributed by atoms with Gasteiger partial charge in [0.05, 0.1) is 11.4 Å². The Balaban J connectivity index is 2.19. The first kappa shape index (κ1) is 10.1. The number of pyridine rings is 2. The van der Waals surface area contributed by atoms with Gasteiger partial charge in [0.15, 0.2) is 0 Å². The van der Waals surface area contributed by atoms with Crippen LogP contribution in [-0.4, -0.2) is 9.97 Å². The van der Waals surface area contributed by atoms with E-state index in [0.29, 0.717) is 0 Å².